The molecule has 0 aliphatic heterocycles. The molecule has 8 heteroatoms. The van der Waals surface area contributed by atoms with Crippen LogP contribution < -0.4 is 26.8 Å². The fourth-order valence-corrected chi connectivity index (χ4v) is 2.62. The van der Waals surface area contributed by atoms with E-state index < -0.39 is 5.82 Å². The lowest BCUT2D eigenvalue weighted by molar-refractivity contribution is -0.117. The Morgan fingerprint density at radius 3 is 2.70 bits per heavy atom. The fraction of sp³-hybridized carbons (Fsp3) is 0.263. The van der Waals surface area contributed by atoms with Gasteiger partial charge >= 0.3 is 0 Å². The molecule has 0 saturated heterocycles. The quantitative estimate of drug-likeness (QED) is 0.435. The summed E-state index contributed by atoms with van der Waals surface area (Å²) in [5, 5.41) is 5.66. The molecular weight excluding hydrogens is 349 g/mol. The highest BCUT2D eigenvalue weighted by molar-refractivity contribution is 6.01. The third-order valence-corrected chi connectivity index (χ3v) is 3.99. The highest BCUT2D eigenvalue weighted by Crippen LogP contribution is 2.33. The third kappa shape index (κ3) is 4.28. The van der Waals surface area contributed by atoms with Crippen LogP contribution in [0.15, 0.2) is 36.2 Å². The number of carbonyl (C=O) groups is 1. The number of anilines is 1. The summed E-state index contributed by atoms with van der Waals surface area (Å²) in [7, 11) is 2.99. The molecule has 2 rings (SSSR count). The first-order chi connectivity index (χ1) is 12.9. The predicted octanol–water partition coefficient (Wildman–Crippen LogP) is 1.85. The summed E-state index contributed by atoms with van der Waals surface area (Å²) in [6.07, 6.45) is 2.26. The van der Waals surface area contributed by atoms with Gasteiger partial charge in [-0.05, 0) is 12.5 Å². The molecule has 7 nitrogen and oxygen atoms in total. The second-order valence-corrected chi connectivity index (χ2v) is 5.78. The number of halogens is 1. The number of amides is 1. The second-order valence-electron chi connectivity index (χ2n) is 5.78. The summed E-state index contributed by atoms with van der Waals surface area (Å²) in [6, 6.07) is 6.51. The maximum atomic E-state index is 14.0. The number of nitrogens with two attached hydrogens (primary N) is 2. The molecule has 0 radical (unpaired) electrons. The number of hydrogen-bond acceptors (Lipinski definition) is 6. The Kier molecular flexibility index (Phi) is 6.59. The van der Waals surface area contributed by atoms with E-state index in [4.69, 9.17) is 16.2 Å². The van der Waals surface area contributed by atoms with Gasteiger partial charge in [0.1, 0.15) is 5.70 Å². The zero-order valence-corrected chi connectivity index (χ0v) is 15.6. The summed E-state index contributed by atoms with van der Waals surface area (Å²) < 4.78 is 18.9. The van der Waals surface area contributed by atoms with Crippen molar-refractivity contribution in [3.05, 3.63) is 47.5 Å². The van der Waals surface area contributed by atoms with Crippen molar-refractivity contribution in [1.82, 2.24) is 15.6 Å². The molecule has 0 unspecified atom stereocenters. The van der Waals surface area contributed by atoms with Crippen LogP contribution in [0.1, 0.15) is 18.9 Å². The number of carbonyl (C=O) groups excluding carboxylic acids is 1. The van der Waals surface area contributed by atoms with Crippen molar-refractivity contribution in [1.29, 1.82) is 0 Å². The lowest BCUT2D eigenvalue weighted by Gasteiger charge is -2.16. The molecule has 2 aromatic rings. The lowest BCUT2D eigenvalue weighted by atomic mass is 9.99. The van der Waals surface area contributed by atoms with Gasteiger partial charge in [-0.25, -0.2) is 9.37 Å². The van der Waals surface area contributed by atoms with Crippen LogP contribution in [0.4, 0.5) is 10.1 Å². The number of benzene rings is 1. The van der Waals surface area contributed by atoms with Gasteiger partial charge in [-0.3, -0.25) is 4.79 Å². The van der Waals surface area contributed by atoms with Crippen LogP contribution in [0, 0.1) is 5.82 Å². The van der Waals surface area contributed by atoms with Crippen LogP contribution >= 0.6 is 0 Å². The van der Waals surface area contributed by atoms with Crippen molar-refractivity contribution in [2.75, 3.05) is 26.4 Å². The van der Waals surface area contributed by atoms with E-state index in [9.17, 15) is 9.18 Å². The molecular formula is C19H24FN5O2. The monoisotopic (exact) mass is 373 g/mol. The number of aromatic nitrogens is 1. The topological polar surface area (TPSA) is 115 Å². The average Bonchev–Trinajstić information content (AvgIpc) is 2.67. The first-order valence-corrected chi connectivity index (χ1v) is 8.49. The SMILES string of the molecule is CCCNC(=O)/C(N)=C(\NC)c1cccc(-c2cnc(OC)c(F)c2)c1N. The maximum absolute atomic E-state index is 14.0. The number of methoxy groups -OCH3 is 1. The number of nitrogens with one attached hydrogen (secondary N) is 2. The first kappa shape index (κ1) is 20.0. The first-order valence-electron chi connectivity index (χ1n) is 8.49. The van der Waals surface area contributed by atoms with Crippen LogP contribution in [-0.4, -0.2) is 31.6 Å². The van der Waals surface area contributed by atoms with E-state index >= 15 is 0 Å². The van der Waals surface area contributed by atoms with Gasteiger partial charge in [0, 0.05) is 42.2 Å². The summed E-state index contributed by atoms with van der Waals surface area (Å²) in [4.78, 5) is 16.1. The summed E-state index contributed by atoms with van der Waals surface area (Å²) in [5.41, 5.74) is 14.7. The third-order valence-electron chi connectivity index (χ3n) is 3.99. The van der Waals surface area contributed by atoms with Gasteiger partial charge < -0.3 is 26.8 Å². The Hall–Kier alpha value is -3.29. The summed E-state index contributed by atoms with van der Waals surface area (Å²) in [6.45, 7) is 2.46. The fourth-order valence-electron chi connectivity index (χ4n) is 2.62. The van der Waals surface area contributed by atoms with Crippen molar-refractivity contribution in [3.63, 3.8) is 0 Å². The zero-order chi connectivity index (χ0) is 20.0. The van der Waals surface area contributed by atoms with Crippen molar-refractivity contribution >= 4 is 17.3 Å². The molecule has 1 aromatic heterocycles. The highest BCUT2D eigenvalue weighted by atomic mass is 19.1. The molecule has 0 fully saturated rings. The second kappa shape index (κ2) is 8.88. The van der Waals surface area contributed by atoms with Gasteiger partial charge in [-0.15, -0.1) is 0 Å². The number of nitrogens with zero attached hydrogens (tertiary/aromatic N) is 1. The molecule has 0 aliphatic rings. The highest BCUT2D eigenvalue weighted by Gasteiger charge is 2.17. The maximum Gasteiger partial charge on any atom is 0.269 e. The predicted molar refractivity (Wildman–Crippen MR) is 104 cm³/mol. The van der Waals surface area contributed by atoms with Crippen molar-refractivity contribution in [3.8, 4) is 17.0 Å². The van der Waals surface area contributed by atoms with E-state index in [1.807, 2.05) is 6.92 Å². The van der Waals surface area contributed by atoms with Crippen LogP contribution in [0.25, 0.3) is 16.8 Å². The van der Waals surface area contributed by atoms with Gasteiger partial charge in [0.05, 0.1) is 12.8 Å². The van der Waals surface area contributed by atoms with Crippen LogP contribution in [0.5, 0.6) is 5.88 Å². The van der Waals surface area contributed by atoms with E-state index in [2.05, 4.69) is 15.6 Å². The molecule has 6 N–H and O–H groups in total. The Labute approximate surface area is 157 Å². The molecule has 0 aliphatic carbocycles. The molecule has 0 bridgehead atoms. The van der Waals surface area contributed by atoms with Crippen molar-refractivity contribution in [2.24, 2.45) is 5.73 Å². The number of pyridine rings is 1. The minimum absolute atomic E-state index is 0.0221. The minimum atomic E-state index is -0.595. The number of para-hydroxylation sites is 1. The zero-order valence-electron chi connectivity index (χ0n) is 15.6. The van der Waals surface area contributed by atoms with E-state index in [1.54, 1.807) is 25.2 Å². The molecule has 27 heavy (non-hydrogen) atoms. The van der Waals surface area contributed by atoms with Crippen LogP contribution in [0.3, 0.4) is 0 Å². The van der Waals surface area contributed by atoms with Gasteiger partial charge in [-0.2, -0.15) is 0 Å². The van der Waals surface area contributed by atoms with Crippen LogP contribution in [-0.2, 0) is 4.79 Å². The molecule has 1 heterocycles. The van der Waals surface area contributed by atoms with E-state index in [1.165, 1.54) is 19.4 Å². The van der Waals surface area contributed by atoms with E-state index in [-0.39, 0.29) is 17.5 Å². The Balaban J connectivity index is 2.52. The van der Waals surface area contributed by atoms with Crippen molar-refractivity contribution < 1.29 is 13.9 Å². The number of ether oxygens (including phenoxy) is 1. The number of hydrogen-bond donors (Lipinski definition) is 4. The van der Waals surface area contributed by atoms with Gasteiger partial charge in [0.2, 0.25) is 5.88 Å². The van der Waals surface area contributed by atoms with Gasteiger partial charge in [0.15, 0.2) is 5.82 Å². The van der Waals surface area contributed by atoms with Gasteiger partial charge in [0.25, 0.3) is 5.91 Å². The van der Waals surface area contributed by atoms with Crippen molar-refractivity contribution in [2.45, 2.75) is 13.3 Å². The molecule has 0 spiro atoms. The normalized spacial score (nSPS) is 11.6. The smallest absolute Gasteiger partial charge is 0.269 e. The Bertz CT molecular complexity index is 867. The summed E-state index contributed by atoms with van der Waals surface area (Å²) >= 11 is 0. The lowest BCUT2D eigenvalue weighted by Crippen LogP contribution is -2.32. The van der Waals surface area contributed by atoms with E-state index in [0.717, 1.165) is 6.42 Å². The standard InChI is InChI=1S/C19H24FN5O2/c1-4-8-24-18(26)16(22)17(23-2)13-7-5-6-12(15(13)21)11-9-14(20)19(27-3)25-10-11/h5-7,9-10,23H,4,8,21-22H2,1-3H3,(H,24,26)/b17-16+. The minimum Gasteiger partial charge on any atom is -0.479 e. The average molecular weight is 373 g/mol. The Morgan fingerprint density at radius 2 is 2.11 bits per heavy atom. The number of nitrogen functional groups attached to an aromatic ring is 1. The molecule has 0 atom stereocenters. The van der Waals surface area contributed by atoms with Crippen LogP contribution in [0.2, 0.25) is 0 Å². The molecule has 1 amide bonds. The molecule has 144 valence electrons. The number of rotatable bonds is 7. The Morgan fingerprint density at radius 1 is 1.37 bits per heavy atom. The summed E-state index contributed by atoms with van der Waals surface area (Å²) in [5.74, 6) is -1.08. The van der Waals surface area contributed by atoms with E-state index in [0.29, 0.717) is 34.6 Å². The molecule has 0 saturated carbocycles. The molecule has 1 aromatic carbocycles. The largest absolute Gasteiger partial charge is 0.479 e. The van der Waals surface area contributed by atoms with Gasteiger partial charge in [-0.1, -0.05) is 25.1 Å².